The Bertz CT molecular complexity index is 3820. The average molecular weight is 922 g/mol. The molecule has 0 fully saturated rings. The summed E-state index contributed by atoms with van der Waals surface area (Å²) < 4.78 is 27.8. The number of halogens is 1. The standard InChI is InChI=1S/C69H44FNO/c70-68-65-61(51-39-21-7-22-40-51)57(47-31-13-3-14-32-47)55(45-27-9-1-10-28-45)59(49-35-17-5-18-36-49)63(65)67(69-71-53-43-25-26-44-54(53)72-69)64-60(50-37-19-6-20-38-50)56(46-29-11-2-12-30-46)58(48-33-15-4-16-34-48)62(66(64)68)52-41-23-8-24-42-52/h1-44H. The van der Waals surface area contributed by atoms with Crippen LogP contribution in [0.3, 0.4) is 0 Å². The normalized spacial score (nSPS) is 11.4. The highest BCUT2D eigenvalue weighted by Gasteiger charge is 2.35. The Labute approximate surface area is 417 Å². The monoisotopic (exact) mass is 921 g/mol. The largest absolute Gasteiger partial charge is 0.436 e. The van der Waals surface area contributed by atoms with Gasteiger partial charge in [0, 0.05) is 32.7 Å². The van der Waals surface area contributed by atoms with Crippen LogP contribution in [0.1, 0.15) is 0 Å². The summed E-state index contributed by atoms with van der Waals surface area (Å²) in [4.78, 5) is 5.46. The summed E-state index contributed by atoms with van der Waals surface area (Å²) >= 11 is 0. The van der Waals surface area contributed by atoms with E-state index in [0.29, 0.717) is 44.1 Å². The van der Waals surface area contributed by atoms with E-state index in [4.69, 9.17) is 9.40 Å². The number of aromatic nitrogens is 1. The summed E-state index contributed by atoms with van der Waals surface area (Å²) in [5, 5.41) is 2.37. The lowest BCUT2D eigenvalue weighted by Crippen LogP contribution is -2.05. The van der Waals surface area contributed by atoms with Crippen LogP contribution in [-0.4, -0.2) is 4.98 Å². The van der Waals surface area contributed by atoms with Crippen molar-refractivity contribution < 1.29 is 8.81 Å². The maximum Gasteiger partial charge on any atom is 0.228 e. The van der Waals surface area contributed by atoms with Gasteiger partial charge in [-0.15, -0.1) is 0 Å². The third-order valence-corrected chi connectivity index (χ3v) is 13.9. The second-order valence-electron chi connectivity index (χ2n) is 18.1. The molecule has 0 saturated heterocycles. The first-order valence-corrected chi connectivity index (χ1v) is 24.4. The van der Waals surface area contributed by atoms with Crippen molar-refractivity contribution in [2.75, 3.05) is 0 Å². The molecule has 0 aliphatic heterocycles. The van der Waals surface area contributed by atoms with Gasteiger partial charge in [-0.1, -0.05) is 255 Å². The number of hydrogen-bond donors (Lipinski definition) is 0. The molecular weight excluding hydrogens is 878 g/mol. The fourth-order valence-corrected chi connectivity index (χ4v) is 11.0. The molecule has 0 aliphatic rings. The van der Waals surface area contributed by atoms with Crippen LogP contribution < -0.4 is 0 Å². The Hall–Kier alpha value is -9.44. The average Bonchev–Trinajstić information content (AvgIpc) is 3.90. The summed E-state index contributed by atoms with van der Waals surface area (Å²) in [5.41, 5.74) is 16.7. The highest BCUT2D eigenvalue weighted by Crippen LogP contribution is 2.60. The first-order valence-electron chi connectivity index (χ1n) is 24.4. The van der Waals surface area contributed by atoms with Crippen molar-refractivity contribution in [1.82, 2.24) is 4.98 Å². The van der Waals surface area contributed by atoms with Gasteiger partial charge in [-0.25, -0.2) is 9.37 Å². The molecule has 0 radical (unpaired) electrons. The summed E-state index contributed by atoms with van der Waals surface area (Å²) in [5.74, 6) is 0.0667. The lowest BCUT2D eigenvalue weighted by atomic mass is 9.73. The van der Waals surface area contributed by atoms with Crippen molar-refractivity contribution >= 4 is 32.6 Å². The summed E-state index contributed by atoms with van der Waals surface area (Å²) in [6.45, 7) is 0. The number of oxazole rings is 1. The zero-order valence-electron chi connectivity index (χ0n) is 39.1. The lowest BCUT2D eigenvalue weighted by molar-refractivity contribution is 0.621. The number of para-hydroxylation sites is 2. The first-order chi connectivity index (χ1) is 35.7. The van der Waals surface area contributed by atoms with Crippen LogP contribution in [0.5, 0.6) is 0 Å². The van der Waals surface area contributed by atoms with Gasteiger partial charge in [-0.05, 0) is 90.0 Å². The SMILES string of the molecule is Fc1c2c(-c3ccccc3)c(-c3ccccc3)c(-c3ccccc3)c(-c3ccccc3)c2c(-c2nc3ccccc3o2)c2c(-c3ccccc3)c(-c3ccccc3)c(-c3ccccc3)c(-c3ccccc3)c12. The number of fused-ring (bicyclic) bond motifs is 3. The molecular formula is C69H44FNO. The molecule has 72 heavy (non-hydrogen) atoms. The van der Waals surface area contributed by atoms with Crippen LogP contribution in [-0.2, 0) is 0 Å². The Morgan fingerprint density at radius 3 is 0.750 bits per heavy atom. The van der Waals surface area contributed by atoms with Crippen LogP contribution >= 0.6 is 0 Å². The van der Waals surface area contributed by atoms with Crippen LogP contribution in [0.2, 0.25) is 0 Å². The van der Waals surface area contributed by atoms with Crippen molar-refractivity contribution in [3.63, 3.8) is 0 Å². The molecule has 13 aromatic rings. The number of rotatable bonds is 9. The number of nitrogens with zero attached hydrogens (tertiary/aromatic N) is 1. The minimum atomic E-state index is -0.333. The van der Waals surface area contributed by atoms with E-state index in [9.17, 15) is 0 Å². The second kappa shape index (κ2) is 18.1. The predicted molar refractivity (Wildman–Crippen MR) is 298 cm³/mol. The van der Waals surface area contributed by atoms with Gasteiger partial charge in [0.2, 0.25) is 5.89 Å². The lowest BCUT2D eigenvalue weighted by Gasteiger charge is -2.29. The van der Waals surface area contributed by atoms with E-state index in [1.165, 1.54) is 0 Å². The van der Waals surface area contributed by atoms with E-state index in [1.54, 1.807) is 0 Å². The Morgan fingerprint density at radius 1 is 0.236 bits per heavy atom. The molecule has 0 saturated carbocycles. The smallest absolute Gasteiger partial charge is 0.228 e. The molecule has 0 amide bonds. The van der Waals surface area contributed by atoms with Crippen molar-refractivity contribution in [2.24, 2.45) is 0 Å². The fourth-order valence-electron chi connectivity index (χ4n) is 11.0. The van der Waals surface area contributed by atoms with Gasteiger partial charge in [0.05, 0.1) is 5.56 Å². The molecule has 0 unspecified atom stereocenters. The van der Waals surface area contributed by atoms with Gasteiger partial charge in [-0.3, -0.25) is 0 Å². The molecule has 0 bridgehead atoms. The van der Waals surface area contributed by atoms with Crippen LogP contribution in [0.25, 0.3) is 133 Å². The highest BCUT2D eigenvalue weighted by atomic mass is 19.1. The van der Waals surface area contributed by atoms with Gasteiger partial charge in [0.1, 0.15) is 11.3 Å². The topological polar surface area (TPSA) is 26.0 Å². The maximum atomic E-state index is 20.7. The van der Waals surface area contributed by atoms with E-state index in [2.05, 4.69) is 182 Å². The van der Waals surface area contributed by atoms with E-state index in [1.807, 2.05) is 84.9 Å². The summed E-state index contributed by atoms with van der Waals surface area (Å²) in [6.07, 6.45) is 0. The second-order valence-corrected chi connectivity index (χ2v) is 18.1. The zero-order chi connectivity index (χ0) is 48.0. The third-order valence-electron chi connectivity index (χ3n) is 13.9. The highest BCUT2D eigenvalue weighted by molar-refractivity contribution is 6.32. The molecule has 0 spiro atoms. The van der Waals surface area contributed by atoms with E-state index >= 15 is 4.39 Å². The molecule has 3 heteroatoms. The molecule has 1 heterocycles. The minimum Gasteiger partial charge on any atom is -0.436 e. The van der Waals surface area contributed by atoms with Gasteiger partial charge in [-0.2, -0.15) is 0 Å². The van der Waals surface area contributed by atoms with E-state index in [0.717, 1.165) is 89.0 Å². The molecule has 13 rings (SSSR count). The van der Waals surface area contributed by atoms with E-state index < -0.39 is 0 Å². The molecule has 0 N–H and O–H groups in total. The molecule has 12 aromatic carbocycles. The first kappa shape index (κ1) is 42.6. The van der Waals surface area contributed by atoms with Crippen molar-refractivity contribution in [3.05, 3.63) is 273 Å². The van der Waals surface area contributed by atoms with E-state index in [-0.39, 0.29) is 5.82 Å². The van der Waals surface area contributed by atoms with Crippen LogP contribution in [0.4, 0.5) is 4.39 Å². The van der Waals surface area contributed by atoms with Gasteiger partial charge in [0.15, 0.2) is 5.58 Å². The van der Waals surface area contributed by atoms with Crippen LogP contribution in [0.15, 0.2) is 271 Å². The number of hydrogen-bond acceptors (Lipinski definition) is 2. The summed E-state index contributed by atoms with van der Waals surface area (Å²) in [6, 6.07) is 91.7. The zero-order valence-corrected chi connectivity index (χ0v) is 39.1. The molecule has 2 nitrogen and oxygen atoms in total. The Kier molecular flexibility index (Phi) is 10.7. The quantitative estimate of drug-likeness (QED) is 0.135. The van der Waals surface area contributed by atoms with Crippen molar-refractivity contribution in [3.8, 4) is 100 Å². The molecule has 1 aromatic heterocycles. The molecule has 0 atom stereocenters. The Balaban J connectivity index is 1.45. The summed E-state index contributed by atoms with van der Waals surface area (Å²) in [7, 11) is 0. The number of benzene rings is 12. The maximum absolute atomic E-state index is 20.7. The fraction of sp³-hybridized carbons (Fsp3) is 0. The molecule has 338 valence electrons. The van der Waals surface area contributed by atoms with Crippen molar-refractivity contribution in [2.45, 2.75) is 0 Å². The van der Waals surface area contributed by atoms with Crippen molar-refractivity contribution in [1.29, 1.82) is 0 Å². The predicted octanol–water partition coefficient (Wildman–Crippen LogP) is 19.3. The minimum absolute atomic E-state index is 0.333. The molecule has 0 aliphatic carbocycles. The Morgan fingerprint density at radius 2 is 0.472 bits per heavy atom. The third kappa shape index (κ3) is 7.13. The van der Waals surface area contributed by atoms with Gasteiger partial charge in [0.25, 0.3) is 0 Å². The van der Waals surface area contributed by atoms with Gasteiger partial charge < -0.3 is 4.42 Å². The van der Waals surface area contributed by atoms with Gasteiger partial charge >= 0.3 is 0 Å². The van der Waals surface area contributed by atoms with Crippen LogP contribution in [0, 0.1) is 5.82 Å².